The van der Waals surface area contributed by atoms with Gasteiger partial charge in [-0.15, -0.1) is 0 Å². The summed E-state index contributed by atoms with van der Waals surface area (Å²) in [4.78, 5) is 40.9. The third-order valence-corrected chi connectivity index (χ3v) is 6.93. The number of hydrogen-bond donors (Lipinski definition) is 2. The smallest absolute Gasteiger partial charge is 0.275 e. The Hall–Kier alpha value is -4.24. The van der Waals surface area contributed by atoms with E-state index >= 15 is 0 Å². The van der Waals surface area contributed by atoms with Gasteiger partial charge in [-0.1, -0.05) is 18.2 Å². The largest absolute Gasteiger partial charge is 0.487 e. The number of nitrogens with one attached hydrogen (secondary N) is 2. The molecule has 1 fully saturated rings. The number of fused-ring (bicyclic) bond motifs is 5. The van der Waals surface area contributed by atoms with Crippen LogP contribution in [0.1, 0.15) is 6.42 Å². The number of para-hydroxylation sites is 1. The first kappa shape index (κ1) is 20.2. The lowest BCUT2D eigenvalue weighted by atomic mass is 10.1. The van der Waals surface area contributed by atoms with E-state index in [2.05, 4.69) is 20.0 Å². The molecule has 1 saturated heterocycles. The van der Waals surface area contributed by atoms with Crippen LogP contribution in [0.15, 0.2) is 64.3 Å². The average Bonchev–Trinajstić information content (AvgIpc) is 3.46. The van der Waals surface area contributed by atoms with E-state index in [0.29, 0.717) is 39.8 Å². The fraction of sp³-hybridized carbons (Fsp3) is 0.231. The highest BCUT2D eigenvalue weighted by atomic mass is 16.5. The second-order valence-electron chi connectivity index (χ2n) is 9.13. The molecule has 2 aliphatic heterocycles. The fourth-order valence-electron chi connectivity index (χ4n) is 5.17. The number of hydrogen-bond acceptors (Lipinski definition) is 6. The Morgan fingerprint density at radius 2 is 1.97 bits per heavy atom. The number of pyridine rings is 1. The second kappa shape index (κ2) is 7.64. The van der Waals surface area contributed by atoms with Gasteiger partial charge < -0.3 is 9.72 Å². The van der Waals surface area contributed by atoms with Crippen molar-refractivity contribution in [1.82, 2.24) is 29.6 Å². The summed E-state index contributed by atoms with van der Waals surface area (Å²) in [5.41, 5.74) is 3.81. The minimum absolute atomic E-state index is 0.0175. The van der Waals surface area contributed by atoms with Crippen molar-refractivity contribution in [3.05, 3.63) is 75.4 Å². The molecule has 0 amide bonds. The molecule has 2 aromatic carbocycles. The lowest BCUT2D eigenvalue weighted by Gasteiger charge is -2.19. The number of nitrogens with zero attached hydrogens (tertiary/aromatic N) is 4. The molecule has 2 atom stereocenters. The summed E-state index contributed by atoms with van der Waals surface area (Å²) < 4.78 is 8.14. The highest BCUT2D eigenvalue weighted by Crippen LogP contribution is 2.33. The van der Waals surface area contributed by atoms with Crippen LogP contribution in [-0.2, 0) is 6.54 Å². The Bertz CT molecular complexity index is 1720. The molecule has 5 aromatic rings. The van der Waals surface area contributed by atoms with E-state index in [1.54, 1.807) is 23.0 Å². The summed E-state index contributed by atoms with van der Waals surface area (Å²) in [6.07, 6.45) is 2.59. The molecule has 2 aliphatic rings. The van der Waals surface area contributed by atoms with Gasteiger partial charge in [0.05, 0.1) is 28.7 Å². The Labute approximate surface area is 199 Å². The maximum Gasteiger partial charge on any atom is 0.275 e. The van der Waals surface area contributed by atoms with Gasteiger partial charge in [-0.3, -0.25) is 29.3 Å². The van der Waals surface area contributed by atoms with Crippen molar-refractivity contribution in [2.24, 2.45) is 0 Å². The van der Waals surface area contributed by atoms with Crippen molar-refractivity contribution < 1.29 is 4.74 Å². The molecule has 174 valence electrons. The van der Waals surface area contributed by atoms with Crippen molar-refractivity contribution in [3.8, 4) is 28.3 Å². The zero-order chi connectivity index (χ0) is 23.5. The molecule has 35 heavy (non-hydrogen) atoms. The number of rotatable bonds is 1. The molecule has 0 spiro atoms. The van der Waals surface area contributed by atoms with Gasteiger partial charge in [0, 0.05) is 37.0 Å². The van der Waals surface area contributed by atoms with Gasteiger partial charge >= 0.3 is 0 Å². The maximum absolute atomic E-state index is 13.3. The van der Waals surface area contributed by atoms with E-state index in [1.807, 2.05) is 36.4 Å². The molecule has 0 radical (unpaired) electrons. The summed E-state index contributed by atoms with van der Waals surface area (Å²) in [7, 11) is 0. The first-order valence-corrected chi connectivity index (χ1v) is 11.7. The van der Waals surface area contributed by atoms with E-state index in [0.717, 1.165) is 37.3 Å². The van der Waals surface area contributed by atoms with Crippen LogP contribution in [0, 0.1) is 0 Å². The van der Waals surface area contributed by atoms with E-state index < -0.39 is 0 Å². The molecule has 3 aromatic heterocycles. The third kappa shape index (κ3) is 3.27. The molecule has 9 heteroatoms. The molecule has 9 nitrogen and oxygen atoms in total. The lowest BCUT2D eigenvalue weighted by Crippen LogP contribution is -2.30. The number of ether oxygens (including phenoxy) is 1. The third-order valence-electron chi connectivity index (χ3n) is 6.93. The van der Waals surface area contributed by atoms with E-state index in [9.17, 15) is 9.59 Å². The first-order chi connectivity index (χ1) is 17.1. The number of aromatic amines is 2. The summed E-state index contributed by atoms with van der Waals surface area (Å²) >= 11 is 0. The maximum atomic E-state index is 13.3. The molecule has 0 saturated carbocycles. The Balaban J connectivity index is 1.52. The molecule has 5 heterocycles. The highest BCUT2D eigenvalue weighted by Gasteiger charge is 2.26. The van der Waals surface area contributed by atoms with Crippen LogP contribution in [0.2, 0.25) is 0 Å². The topological polar surface area (TPSA) is 109 Å². The minimum atomic E-state index is -0.332. The number of H-pyrrole nitrogens is 2. The van der Waals surface area contributed by atoms with Gasteiger partial charge in [-0.05, 0) is 36.8 Å². The lowest BCUT2D eigenvalue weighted by molar-refractivity contribution is 0.199. The van der Waals surface area contributed by atoms with E-state index in [-0.39, 0.29) is 22.9 Å². The van der Waals surface area contributed by atoms with Gasteiger partial charge in [0.2, 0.25) is 0 Å². The Morgan fingerprint density at radius 3 is 2.86 bits per heavy atom. The van der Waals surface area contributed by atoms with Gasteiger partial charge in [0.25, 0.3) is 11.1 Å². The van der Waals surface area contributed by atoms with Crippen LogP contribution in [0.3, 0.4) is 0 Å². The van der Waals surface area contributed by atoms with Crippen LogP contribution in [0.4, 0.5) is 0 Å². The average molecular weight is 467 g/mol. The Kier molecular flexibility index (Phi) is 4.40. The summed E-state index contributed by atoms with van der Waals surface area (Å²) in [5.74, 6) is 0.614. The number of benzene rings is 2. The second-order valence-corrected chi connectivity index (χ2v) is 9.13. The highest BCUT2D eigenvalue weighted by molar-refractivity contribution is 5.94. The molecule has 7 rings (SSSR count). The fourth-order valence-corrected chi connectivity index (χ4v) is 5.17. The van der Waals surface area contributed by atoms with Gasteiger partial charge in [0.15, 0.2) is 0 Å². The predicted octanol–water partition coefficient (Wildman–Crippen LogP) is 2.76. The molecule has 1 unspecified atom stereocenters. The van der Waals surface area contributed by atoms with Gasteiger partial charge in [-0.25, -0.2) is 4.98 Å². The normalized spacial score (nSPS) is 19.3. The van der Waals surface area contributed by atoms with E-state index in [1.165, 1.54) is 0 Å². The van der Waals surface area contributed by atoms with E-state index in [4.69, 9.17) is 9.72 Å². The van der Waals surface area contributed by atoms with Crippen molar-refractivity contribution in [1.29, 1.82) is 0 Å². The number of aromatic nitrogens is 5. The SMILES string of the molecule is O=c1[nH]c2cc(-c3ccccn3)cc3c2nc1-c1cccc2c(=O)n([nH]c12)CCN1CC[C@@H](C1)O3. The quantitative estimate of drug-likeness (QED) is 0.393. The summed E-state index contributed by atoms with van der Waals surface area (Å²) in [5, 5.41) is 3.77. The molecule has 0 aliphatic carbocycles. The van der Waals surface area contributed by atoms with Gasteiger partial charge in [0.1, 0.15) is 23.1 Å². The molecular weight excluding hydrogens is 444 g/mol. The molecule has 6 bridgehead atoms. The summed E-state index contributed by atoms with van der Waals surface area (Å²) in [6.45, 7) is 2.91. The van der Waals surface area contributed by atoms with Crippen LogP contribution in [-0.4, -0.2) is 55.4 Å². The van der Waals surface area contributed by atoms with Crippen LogP contribution in [0.25, 0.3) is 44.5 Å². The molecule has 2 N–H and O–H groups in total. The zero-order valence-electron chi connectivity index (χ0n) is 18.8. The van der Waals surface area contributed by atoms with Gasteiger partial charge in [-0.2, -0.15) is 0 Å². The minimum Gasteiger partial charge on any atom is -0.487 e. The molecular formula is C26H22N6O3. The standard InChI is InChI=1S/C26H22N6O3/c33-25-23-17-4-3-5-18-22(17)30-32(26(18)34)11-10-31-9-7-16(14-31)35-21-13-15(19-6-1-2-8-27-19)12-20(28-25)24(21)29-23/h1-6,8,12-13,16,30H,7,9-11,14H2,(H,28,33)/t16-/m0/s1. The Morgan fingerprint density at radius 1 is 1.03 bits per heavy atom. The van der Waals surface area contributed by atoms with Crippen LogP contribution < -0.4 is 15.9 Å². The van der Waals surface area contributed by atoms with Crippen molar-refractivity contribution in [3.63, 3.8) is 0 Å². The van der Waals surface area contributed by atoms with Crippen LogP contribution in [0.5, 0.6) is 5.75 Å². The van der Waals surface area contributed by atoms with Crippen molar-refractivity contribution in [2.45, 2.75) is 19.1 Å². The first-order valence-electron chi connectivity index (χ1n) is 11.7. The van der Waals surface area contributed by atoms with Crippen molar-refractivity contribution >= 4 is 21.9 Å². The monoisotopic (exact) mass is 466 g/mol. The zero-order valence-corrected chi connectivity index (χ0v) is 18.8. The predicted molar refractivity (Wildman–Crippen MR) is 133 cm³/mol. The van der Waals surface area contributed by atoms with Crippen molar-refractivity contribution in [2.75, 3.05) is 19.6 Å². The summed E-state index contributed by atoms with van der Waals surface area (Å²) in [6, 6.07) is 14.9. The van der Waals surface area contributed by atoms with Crippen LogP contribution >= 0.6 is 0 Å².